The van der Waals surface area contributed by atoms with Crippen LogP contribution in [0, 0.1) is 0 Å². The van der Waals surface area contributed by atoms with Gasteiger partial charge in [0.15, 0.2) is 23.2 Å². The molecule has 6 rings (SSSR count). The second-order valence-electron chi connectivity index (χ2n) is 11.0. The molecule has 0 spiro atoms. The van der Waals surface area contributed by atoms with E-state index in [4.69, 9.17) is 18.9 Å². The van der Waals surface area contributed by atoms with Gasteiger partial charge < -0.3 is 39.4 Å². The summed E-state index contributed by atoms with van der Waals surface area (Å²) < 4.78 is 24.1. The first-order valence-electron chi connectivity index (χ1n) is 14.1. The average molecular weight is 605 g/mol. The number of Topliss-reactive ketones (excluding diaryl/α,β-unsaturated/α-hetero) is 2. The predicted octanol–water partition coefficient (Wildman–Crippen LogP) is 0.932. The van der Waals surface area contributed by atoms with Crippen LogP contribution in [0.3, 0.4) is 0 Å². The predicted molar refractivity (Wildman–Crippen MR) is 159 cm³/mol. The Hall–Kier alpha value is -5.14. The maximum Gasteiger partial charge on any atom is 0.421 e. The minimum atomic E-state index is -1.80. The van der Waals surface area contributed by atoms with Gasteiger partial charge in [0, 0.05) is 38.3 Å². The minimum absolute atomic E-state index is 0.0310. The van der Waals surface area contributed by atoms with Crippen molar-refractivity contribution in [2.45, 2.75) is 25.4 Å². The van der Waals surface area contributed by atoms with Crippen molar-refractivity contribution in [2.75, 3.05) is 63.2 Å². The lowest BCUT2D eigenvalue weighted by Gasteiger charge is -2.43. The summed E-state index contributed by atoms with van der Waals surface area (Å²) in [5, 5.41) is 6.17. The smallest absolute Gasteiger partial charge is 0.421 e. The monoisotopic (exact) mass is 604 g/mol. The van der Waals surface area contributed by atoms with Gasteiger partial charge in [-0.05, 0) is 50.2 Å². The molecule has 14 nitrogen and oxygen atoms in total. The van der Waals surface area contributed by atoms with E-state index >= 15 is 0 Å². The van der Waals surface area contributed by atoms with E-state index in [1.54, 1.807) is 60.3 Å². The number of nitrogens with one attached hydrogen (secondary N) is 2. The Bertz CT molecular complexity index is 1520. The number of ether oxygens (including phenoxy) is 4. The highest BCUT2D eigenvalue weighted by molar-refractivity contribution is 6.30. The lowest BCUT2D eigenvalue weighted by atomic mass is 10.1. The molecule has 4 aliphatic rings. The van der Waals surface area contributed by atoms with Crippen molar-refractivity contribution >= 4 is 46.6 Å². The fourth-order valence-corrected chi connectivity index (χ4v) is 5.59. The van der Waals surface area contributed by atoms with Crippen molar-refractivity contribution in [3.63, 3.8) is 0 Å². The summed E-state index contributed by atoms with van der Waals surface area (Å²) in [7, 11) is 3.50. The van der Waals surface area contributed by atoms with E-state index in [-0.39, 0.29) is 36.3 Å². The number of benzene rings is 2. The van der Waals surface area contributed by atoms with Gasteiger partial charge in [-0.25, -0.2) is 9.59 Å². The largest absolute Gasteiger partial charge is 0.442 e. The van der Waals surface area contributed by atoms with E-state index in [9.17, 15) is 19.2 Å². The third kappa shape index (κ3) is 5.05. The van der Waals surface area contributed by atoms with Gasteiger partial charge in [0.2, 0.25) is 0 Å². The second-order valence-corrected chi connectivity index (χ2v) is 11.0. The average Bonchev–Trinajstić information content (AvgIpc) is 3.73. The van der Waals surface area contributed by atoms with Crippen molar-refractivity contribution in [1.82, 2.24) is 10.6 Å². The number of esters is 2. The summed E-state index contributed by atoms with van der Waals surface area (Å²) in [4.78, 5) is 63.3. The second kappa shape index (κ2) is 10.8. The van der Waals surface area contributed by atoms with Crippen LogP contribution in [0.2, 0.25) is 0 Å². The molecule has 4 aliphatic heterocycles. The Kier molecular flexibility index (Phi) is 7.14. The summed E-state index contributed by atoms with van der Waals surface area (Å²) in [6.45, 7) is 4.69. The first kappa shape index (κ1) is 29.0. The van der Waals surface area contributed by atoms with E-state index in [1.807, 2.05) is 0 Å². The lowest BCUT2D eigenvalue weighted by molar-refractivity contribution is -0.202. The molecule has 0 aliphatic carbocycles. The number of hydrogen-bond acceptors (Lipinski definition) is 14. The van der Waals surface area contributed by atoms with Crippen molar-refractivity contribution in [2.24, 2.45) is 9.98 Å². The van der Waals surface area contributed by atoms with E-state index in [0.29, 0.717) is 60.2 Å². The van der Waals surface area contributed by atoms with Crippen LogP contribution in [0.5, 0.6) is 11.5 Å². The Labute approximate surface area is 253 Å². The molecule has 230 valence electrons. The minimum Gasteiger partial charge on any atom is -0.442 e. The highest BCUT2D eigenvalue weighted by Gasteiger charge is 2.53. The molecule has 0 saturated heterocycles. The van der Waals surface area contributed by atoms with Crippen LogP contribution in [0.1, 0.15) is 34.6 Å². The molecule has 0 amide bonds. The lowest BCUT2D eigenvalue weighted by Crippen LogP contribution is -2.63. The summed E-state index contributed by atoms with van der Waals surface area (Å²) in [6.07, 6.45) is 0. The number of ketones is 2. The quantitative estimate of drug-likeness (QED) is 0.273. The number of fused-ring (bicyclic) bond motifs is 2. The maximum atomic E-state index is 13.5. The van der Waals surface area contributed by atoms with Crippen molar-refractivity contribution in [1.29, 1.82) is 0 Å². The van der Waals surface area contributed by atoms with E-state index < -0.39 is 23.5 Å². The van der Waals surface area contributed by atoms with Gasteiger partial charge in [-0.15, -0.1) is 0 Å². The zero-order valence-electron chi connectivity index (χ0n) is 24.8. The first-order chi connectivity index (χ1) is 21.0. The summed E-state index contributed by atoms with van der Waals surface area (Å²) in [5.41, 5.74) is 2.21. The number of likely N-dealkylation sites (N-methyl/N-ethyl adjacent to an activating group) is 2. The number of carbonyl (C=O) groups excluding carboxylic acids is 4. The Morgan fingerprint density at radius 2 is 1.14 bits per heavy atom. The van der Waals surface area contributed by atoms with Crippen LogP contribution in [0.4, 0.5) is 11.4 Å². The molecule has 2 unspecified atom stereocenters. The number of aliphatic imine (C=N–C) groups is 2. The van der Waals surface area contributed by atoms with Crippen LogP contribution < -0.4 is 29.9 Å². The van der Waals surface area contributed by atoms with Crippen LogP contribution in [0.25, 0.3) is 0 Å². The van der Waals surface area contributed by atoms with Crippen LogP contribution in [-0.2, 0) is 19.1 Å². The molecular formula is C30H32N6O8. The Morgan fingerprint density at radius 3 is 1.48 bits per heavy atom. The molecule has 0 radical (unpaired) electrons. The van der Waals surface area contributed by atoms with E-state index in [2.05, 4.69) is 20.6 Å². The zero-order valence-corrected chi connectivity index (χ0v) is 24.8. The van der Waals surface area contributed by atoms with Gasteiger partial charge in [0.1, 0.15) is 24.6 Å². The highest BCUT2D eigenvalue weighted by atomic mass is 16.8. The Morgan fingerprint density at radius 1 is 0.727 bits per heavy atom. The molecule has 0 aromatic heterocycles. The van der Waals surface area contributed by atoms with Gasteiger partial charge in [0.25, 0.3) is 0 Å². The summed E-state index contributed by atoms with van der Waals surface area (Å²) in [5.74, 6) is -5.34. The fraction of sp³-hybridized carbons (Fsp3) is 0.400. The maximum absolute atomic E-state index is 13.5. The highest BCUT2D eigenvalue weighted by Crippen LogP contribution is 2.40. The standard InChI is InChI=1S/C30H32N6O8/c1-17(37)19-5-7-23-21(13-19)35(3)15-29(41-23,27-31-9-10-32-27)43-25(39)26(40)44-30(28-33-11-12-34-28)16-36(4)22-14-20(18(2)38)6-8-24(22)42-30/h5-8,13-14H,9-12,15-16H2,1-4H3,(H,31,32)(H,33,34). The van der Waals surface area contributed by atoms with Crippen LogP contribution in [0.15, 0.2) is 46.4 Å². The Balaban J connectivity index is 1.29. The number of rotatable bonds is 6. The van der Waals surface area contributed by atoms with Gasteiger partial charge >= 0.3 is 23.5 Å². The summed E-state index contributed by atoms with van der Waals surface area (Å²) in [6, 6.07) is 9.81. The van der Waals surface area contributed by atoms with Crippen molar-refractivity contribution in [3.8, 4) is 11.5 Å². The molecular weight excluding hydrogens is 572 g/mol. The number of amidine groups is 2. The zero-order chi connectivity index (χ0) is 31.2. The molecule has 4 heterocycles. The van der Waals surface area contributed by atoms with E-state index in [0.717, 1.165) is 0 Å². The molecule has 2 aromatic carbocycles. The number of carbonyl (C=O) groups is 4. The summed E-state index contributed by atoms with van der Waals surface area (Å²) >= 11 is 0. The molecule has 2 N–H and O–H groups in total. The molecule has 2 aromatic rings. The van der Waals surface area contributed by atoms with Crippen molar-refractivity contribution < 1.29 is 38.1 Å². The third-order valence-electron chi connectivity index (χ3n) is 7.75. The normalized spacial score (nSPS) is 23.5. The number of anilines is 2. The molecule has 0 fully saturated rings. The molecule has 0 saturated carbocycles. The molecule has 14 heteroatoms. The van der Waals surface area contributed by atoms with E-state index in [1.165, 1.54) is 13.8 Å². The topological polar surface area (TPSA) is 160 Å². The molecule has 2 atom stereocenters. The number of nitrogens with zero attached hydrogens (tertiary/aromatic N) is 4. The SMILES string of the molecule is CC(=O)c1ccc2c(c1)N(C)CC(OC(=O)C(=O)OC1(C3=NCCN3)CN(C)c3cc(C(C)=O)ccc3O1)(C1=NCCN1)O2. The first-order valence-corrected chi connectivity index (χ1v) is 14.1. The van der Waals surface area contributed by atoms with Gasteiger partial charge in [-0.2, -0.15) is 0 Å². The van der Waals surface area contributed by atoms with Gasteiger partial charge in [0.05, 0.1) is 24.5 Å². The van der Waals surface area contributed by atoms with Gasteiger partial charge in [-0.3, -0.25) is 19.6 Å². The number of hydrogen-bond donors (Lipinski definition) is 2. The fourth-order valence-electron chi connectivity index (χ4n) is 5.59. The third-order valence-corrected chi connectivity index (χ3v) is 7.75. The molecule has 0 bridgehead atoms. The van der Waals surface area contributed by atoms with Crippen LogP contribution >= 0.6 is 0 Å². The van der Waals surface area contributed by atoms with Crippen LogP contribution in [-0.4, -0.2) is 100 Å². The van der Waals surface area contributed by atoms with Crippen molar-refractivity contribution in [3.05, 3.63) is 47.5 Å². The van der Waals surface area contributed by atoms with Gasteiger partial charge in [-0.1, -0.05) is 0 Å². The molecule has 44 heavy (non-hydrogen) atoms.